The molecule has 0 radical (unpaired) electrons. The molecule has 2 aromatic rings. The maximum absolute atomic E-state index is 6.23. The van der Waals surface area contributed by atoms with Crippen molar-refractivity contribution in [2.75, 3.05) is 13.1 Å². The molecule has 1 atom stereocenters. The van der Waals surface area contributed by atoms with Gasteiger partial charge in [0, 0.05) is 30.4 Å². The molecular formula is C14H19N3S. The third-order valence-electron chi connectivity index (χ3n) is 2.97. The number of hydrogen-bond donors (Lipinski definition) is 1. The molecule has 0 fully saturated rings. The number of pyridine rings is 1. The molecule has 0 saturated carbocycles. The smallest absolute Gasteiger partial charge is 0.0519 e. The third kappa shape index (κ3) is 3.63. The lowest BCUT2D eigenvalue weighted by molar-refractivity contribution is 0.263. The van der Waals surface area contributed by atoms with Gasteiger partial charge < -0.3 is 5.73 Å². The van der Waals surface area contributed by atoms with E-state index in [1.54, 1.807) is 11.3 Å². The van der Waals surface area contributed by atoms with Crippen LogP contribution < -0.4 is 5.73 Å². The van der Waals surface area contributed by atoms with E-state index in [9.17, 15) is 0 Å². The molecule has 1 unspecified atom stereocenters. The van der Waals surface area contributed by atoms with Gasteiger partial charge in [-0.25, -0.2) is 0 Å². The Morgan fingerprint density at radius 2 is 2.11 bits per heavy atom. The van der Waals surface area contributed by atoms with E-state index >= 15 is 0 Å². The topological polar surface area (TPSA) is 42.2 Å². The highest BCUT2D eigenvalue weighted by molar-refractivity contribution is 7.10. The molecule has 2 aromatic heterocycles. The molecule has 2 heterocycles. The molecule has 0 spiro atoms. The monoisotopic (exact) mass is 261 g/mol. The number of nitrogens with two attached hydrogens (primary N) is 1. The van der Waals surface area contributed by atoms with Gasteiger partial charge in [-0.1, -0.05) is 13.0 Å². The molecule has 18 heavy (non-hydrogen) atoms. The van der Waals surface area contributed by atoms with Gasteiger partial charge in [0.05, 0.1) is 6.04 Å². The fourth-order valence-electron chi connectivity index (χ4n) is 1.92. The predicted octanol–water partition coefficient (Wildman–Crippen LogP) is 2.67. The van der Waals surface area contributed by atoms with Gasteiger partial charge in [-0.2, -0.15) is 0 Å². The summed E-state index contributed by atoms with van der Waals surface area (Å²) in [6.07, 6.45) is 3.67. The van der Waals surface area contributed by atoms with Crippen LogP contribution in [0.4, 0.5) is 0 Å². The van der Waals surface area contributed by atoms with Crippen LogP contribution in [-0.4, -0.2) is 23.0 Å². The summed E-state index contributed by atoms with van der Waals surface area (Å²) >= 11 is 1.73. The fourth-order valence-corrected chi connectivity index (χ4v) is 2.64. The summed E-state index contributed by atoms with van der Waals surface area (Å²) < 4.78 is 0. The maximum Gasteiger partial charge on any atom is 0.0519 e. The Morgan fingerprint density at radius 3 is 2.72 bits per heavy atom. The lowest BCUT2D eigenvalue weighted by atomic mass is 10.2. The Morgan fingerprint density at radius 1 is 1.33 bits per heavy atom. The van der Waals surface area contributed by atoms with E-state index in [-0.39, 0.29) is 6.04 Å². The van der Waals surface area contributed by atoms with Crippen molar-refractivity contribution in [2.45, 2.75) is 19.5 Å². The van der Waals surface area contributed by atoms with Crippen LogP contribution in [0, 0.1) is 0 Å². The first-order chi connectivity index (χ1) is 8.79. The predicted molar refractivity (Wildman–Crippen MR) is 76.4 cm³/mol. The van der Waals surface area contributed by atoms with Crippen molar-refractivity contribution in [3.05, 3.63) is 52.5 Å². The van der Waals surface area contributed by atoms with Crippen LogP contribution in [0.15, 0.2) is 42.0 Å². The molecule has 0 bridgehead atoms. The van der Waals surface area contributed by atoms with Crippen molar-refractivity contribution in [3.8, 4) is 0 Å². The first kappa shape index (κ1) is 13.2. The van der Waals surface area contributed by atoms with Crippen LogP contribution in [0.1, 0.15) is 23.4 Å². The van der Waals surface area contributed by atoms with Gasteiger partial charge in [0.1, 0.15) is 0 Å². The molecule has 0 saturated heterocycles. The van der Waals surface area contributed by atoms with Crippen molar-refractivity contribution in [1.82, 2.24) is 9.88 Å². The average Bonchev–Trinajstić information content (AvgIpc) is 2.93. The minimum absolute atomic E-state index is 0.104. The molecule has 2 N–H and O–H groups in total. The van der Waals surface area contributed by atoms with Crippen molar-refractivity contribution < 1.29 is 0 Å². The second kappa shape index (κ2) is 6.64. The summed E-state index contributed by atoms with van der Waals surface area (Å²) in [6.45, 7) is 4.99. The van der Waals surface area contributed by atoms with Gasteiger partial charge in [-0.05, 0) is 35.7 Å². The first-order valence-electron chi connectivity index (χ1n) is 6.20. The Kier molecular flexibility index (Phi) is 4.87. The Bertz CT molecular complexity index is 441. The van der Waals surface area contributed by atoms with Crippen LogP contribution in [0.25, 0.3) is 0 Å². The van der Waals surface area contributed by atoms with E-state index in [0.717, 1.165) is 19.6 Å². The quantitative estimate of drug-likeness (QED) is 0.869. The molecule has 0 amide bonds. The molecule has 0 aliphatic heterocycles. The Hall–Kier alpha value is -1.23. The average molecular weight is 261 g/mol. The minimum Gasteiger partial charge on any atom is -0.322 e. The number of rotatable bonds is 6. The van der Waals surface area contributed by atoms with E-state index in [0.29, 0.717) is 0 Å². The van der Waals surface area contributed by atoms with E-state index in [4.69, 9.17) is 5.73 Å². The van der Waals surface area contributed by atoms with Gasteiger partial charge in [-0.15, -0.1) is 11.3 Å². The van der Waals surface area contributed by atoms with Gasteiger partial charge in [0.15, 0.2) is 0 Å². The molecule has 4 heteroatoms. The van der Waals surface area contributed by atoms with Crippen molar-refractivity contribution in [3.63, 3.8) is 0 Å². The maximum atomic E-state index is 6.23. The summed E-state index contributed by atoms with van der Waals surface area (Å²) in [5.74, 6) is 0. The number of likely N-dealkylation sites (N-methyl/N-ethyl adjacent to an activating group) is 1. The van der Waals surface area contributed by atoms with E-state index < -0.39 is 0 Å². The zero-order valence-corrected chi connectivity index (χ0v) is 11.4. The fraction of sp³-hybridized carbons (Fsp3) is 0.357. The van der Waals surface area contributed by atoms with Crippen molar-refractivity contribution in [1.29, 1.82) is 0 Å². The third-order valence-corrected chi connectivity index (χ3v) is 3.97. The molecule has 96 valence electrons. The number of nitrogens with zero attached hydrogens (tertiary/aromatic N) is 2. The molecule has 3 nitrogen and oxygen atoms in total. The summed E-state index contributed by atoms with van der Waals surface area (Å²) in [5, 5.41) is 2.08. The zero-order chi connectivity index (χ0) is 12.8. The van der Waals surface area contributed by atoms with Gasteiger partial charge >= 0.3 is 0 Å². The number of thiophene rings is 1. The van der Waals surface area contributed by atoms with Crippen molar-refractivity contribution >= 4 is 11.3 Å². The van der Waals surface area contributed by atoms with E-state index in [1.165, 1.54) is 10.4 Å². The highest BCUT2D eigenvalue weighted by Gasteiger charge is 2.12. The second-order valence-corrected chi connectivity index (χ2v) is 5.28. The summed E-state index contributed by atoms with van der Waals surface area (Å²) in [4.78, 5) is 7.65. The van der Waals surface area contributed by atoms with Crippen LogP contribution in [0.3, 0.4) is 0 Å². The zero-order valence-electron chi connectivity index (χ0n) is 10.6. The summed E-state index contributed by atoms with van der Waals surface area (Å²) in [6, 6.07) is 8.37. The Labute approximate surface area is 112 Å². The van der Waals surface area contributed by atoms with E-state index in [2.05, 4.69) is 46.5 Å². The summed E-state index contributed by atoms with van der Waals surface area (Å²) in [5.41, 5.74) is 7.51. The van der Waals surface area contributed by atoms with Crippen LogP contribution in [0.2, 0.25) is 0 Å². The van der Waals surface area contributed by atoms with Crippen LogP contribution in [-0.2, 0) is 6.54 Å². The van der Waals surface area contributed by atoms with E-state index in [1.807, 2.05) is 12.4 Å². The van der Waals surface area contributed by atoms with Crippen molar-refractivity contribution in [2.24, 2.45) is 5.73 Å². The van der Waals surface area contributed by atoms with Gasteiger partial charge in [-0.3, -0.25) is 9.88 Å². The number of hydrogen-bond acceptors (Lipinski definition) is 4. The molecular weight excluding hydrogens is 242 g/mol. The minimum atomic E-state index is 0.104. The highest BCUT2D eigenvalue weighted by atomic mass is 32.1. The lowest BCUT2D eigenvalue weighted by Crippen LogP contribution is -2.31. The van der Waals surface area contributed by atoms with Gasteiger partial charge in [0.2, 0.25) is 0 Å². The van der Waals surface area contributed by atoms with Crippen LogP contribution in [0.5, 0.6) is 0 Å². The SMILES string of the molecule is CCN(Cc1ccncc1)CC(N)c1cccs1. The van der Waals surface area contributed by atoms with Gasteiger partial charge in [0.25, 0.3) is 0 Å². The number of aromatic nitrogens is 1. The highest BCUT2D eigenvalue weighted by Crippen LogP contribution is 2.18. The molecule has 0 aliphatic carbocycles. The molecule has 0 aliphatic rings. The molecule has 0 aromatic carbocycles. The molecule has 2 rings (SSSR count). The second-order valence-electron chi connectivity index (χ2n) is 4.31. The normalized spacial score (nSPS) is 12.8. The Balaban J connectivity index is 1.93. The standard InChI is InChI=1S/C14H19N3S/c1-2-17(10-12-5-7-16-8-6-12)11-13(15)14-4-3-9-18-14/h3-9,13H,2,10-11,15H2,1H3. The largest absolute Gasteiger partial charge is 0.322 e. The summed E-state index contributed by atoms with van der Waals surface area (Å²) in [7, 11) is 0. The van der Waals surface area contributed by atoms with Crippen LogP contribution >= 0.6 is 11.3 Å². The first-order valence-corrected chi connectivity index (χ1v) is 7.07. The lowest BCUT2D eigenvalue weighted by Gasteiger charge is -2.23.